The highest BCUT2D eigenvalue weighted by molar-refractivity contribution is 5.64. The number of hydrogen-bond donors (Lipinski definition) is 0. The van der Waals surface area contributed by atoms with Gasteiger partial charge in [0.05, 0.1) is 0 Å². The second-order valence-electron chi connectivity index (χ2n) is 20.7. The Morgan fingerprint density at radius 3 is 0.828 bits per heavy atom. The molecular weight excluding hydrogens is 713 g/mol. The van der Waals surface area contributed by atoms with E-state index in [9.17, 15) is 19.2 Å². The fraction of sp³-hybridized carbons (Fsp3) is 0.778. The summed E-state index contributed by atoms with van der Waals surface area (Å²) in [5.41, 5.74) is 0.142. The molecule has 8 rings (SSSR count). The average Bonchev–Trinajstić information content (AvgIpc) is 4.13. The van der Waals surface area contributed by atoms with Gasteiger partial charge in [-0.1, -0.05) is 166 Å². The Hall–Kier alpha value is -2.36. The van der Waals surface area contributed by atoms with E-state index in [0.717, 1.165) is 51.4 Å². The number of carbonyl (C=O) groups is 4. The number of allylic oxidation sites excluding steroid dienone is 8. The molecule has 0 aromatic rings. The molecule has 4 fully saturated rings. The third kappa shape index (κ3) is 11.1. The molecule has 0 amide bonds. The van der Waals surface area contributed by atoms with Crippen molar-refractivity contribution < 1.29 is 19.2 Å². The summed E-state index contributed by atoms with van der Waals surface area (Å²) in [6, 6.07) is 0. The molecule has 58 heavy (non-hydrogen) atoms. The van der Waals surface area contributed by atoms with Crippen LogP contribution in [0.2, 0.25) is 0 Å². The van der Waals surface area contributed by atoms with Crippen LogP contribution in [0, 0.1) is 69.0 Å². The van der Waals surface area contributed by atoms with Gasteiger partial charge in [0.2, 0.25) is 0 Å². The molecule has 324 valence electrons. The fourth-order valence-corrected chi connectivity index (χ4v) is 13.0. The first-order chi connectivity index (χ1) is 28.2. The summed E-state index contributed by atoms with van der Waals surface area (Å²) < 4.78 is 0. The maximum atomic E-state index is 11.4. The van der Waals surface area contributed by atoms with Gasteiger partial charge in [0.1, 0.15) is 25.1 Å². The van der Waals surface area contributed by atoms with Gasteiger partial charge in [0, 0.05) is 21.7 Å². The summed E-state index contributed by atoms with van der Waals surface area (Å²) in [6.07, 6.45) is 55.3. The second kappa shape index (κ2) is 22.5. The van der Waals surface area contributed by atoms with E-state index < -0.39 is 0 Å². The van der Waals surface area contributed by atoms with Crippen molar-refractivity contribution in [2.75, 3.05) is 0 Å². The monoisotopic (exact) mass is 797 g/mol. The van der Waals surface area contributed by atoms with E-state index in [4.69, 9.17) is 0 Å². The van der Waals surface area contributed by atoms with Gasteiger partial charge in [-0.3, -0.25) is 0 Å². The predicted molar refractivity (Wildman–Crippen MR) is 241 cm³/mol. The van der Waals surface area contributed by atoms with Crippen molar-refractivity contribution in [1.82, 2.24) is 0 Å². The number of unbranched alkanes of at least 4 members (excludes halogenated alkanes) is 10. The first-order valence-corrected chi connectivity index (χ1v) is 24.8. The van der Waals surface area contributed by atoms with Gasteiger partial charge >= 0.3 is 0 Å². The number of hydrogen-bond acceptors (Lipinski definition) is 4. The Balaban J connectivity index is 0.000000148. The molecule has 8 bridgehead atoms. The molecule has 12 atom stereocenters. The van der Waals surface area contributed by atoms with Gasteiger partial charge in [-0.15, -0.1) is 0 Å². The van der Waals surface area contributed by atoms with Crippen LogP contribution in [0.3, 0.4) is 0 Å². The molecule has 0 spiro atoms. The van der Waals surface area contributed by atoms with Gasteiger partial charge in [0.15, 0.2) is 0 Å². The highest BCUT2D eigenvalue weighted by Crippen LogP contribution is 2.56. The van der Waals surface area contributed by atoms with Gasteiger partial charge in [-0.2, -0.15) is 0 Å². The summed E-state index contributed by atoms with van der Waals surface area (Å²) in [5.74, 6) is 5.14. The first-order valence-electron chi connectivity index (χ1n) is 24.8. The van der Waals surface area contributed by atoms with Crippen LogP contribution in [0.5, 0.6) is 0 Å². The molecule has 0 aromatic carbocycles. The van der Waals surface area contributed by atoms with Crippen LogP contribution in [0.4, 0.5) is 0 Å². The zero-order chi connectivity index (χ0) is 41.5. The van der Waals surface area contributed by atoms with Crippen LogP contribution < -0.4 is 0 Å². The lowest BCUT2D eigenvalue weighted by Crippen LogP contribution is -2.27. The van der Waals surface area contributed by atoms with Gasteiger partial charge in [0.25, 0.3) is 0 Å². The minimum absolute atomic E-state index is 0.0334. The molecule has 0 aliphatic heterocycles. The number of carbonyl (C=O) groups excluding carboxylic acids is 4. The minimum Gasteiger partial charge on any atom is -0.303 e. The molecule has 0 N–H and O–H groups in total. The van der Waals surface area contributed by atoms with Crippen LogP contribution >= 0.6 is 0 Å². The van der Waals surface area contributed by atoms with E-state index in [1.807, 2.05) is 0 Å². The van der Waals surface area contributed by atoms with Crippen LogP contribution in [-0.4, -0.2) is 25.1 Å². The summed E-state index contributed by atoms with van der Waals surface area (Å²) in [5, 5.41) is 0. The third-order valence-electron chi connectivity index (χ3n) is 16.6. The van der Waals surface area contributed by atoms with Crippen LogP contribution in [0.1, 0.15) is 195 Å². The van der Waals surface area contributed by atoms with Gasteiger partial charge in [-0.05, 0) is 124 Å². The Bertz CT molecular complexity index is 1420. The second-order valence-corrected chi connectivity index (χ2v) is 20.7. The molecule has 0 aromatic heterocycles. The van der Waals surface area contributed by atoms with Crippen molar-refractivity contribution in [1.29, 1.82) is 0 Å². The minimum atomic E-state index is 0.0334. The van der Waals surface area contributed by atoms with E-state index >= 15 is 0 Å². The summed E-state index contributed by atoms with van der Waals surface area (Å²) in [6.45, 7) is 8.89. The van der Waals surface area contributed by atoms with E-state index in [2.05, 4.69) is 76.3 Å². The van der Waals surface area contributed by atoms with E-state index in [1.165, 1.54) is 141 Å². The molecule has 12 unspecified atom stereocenters. The van der Waals surface area contributed by atoms with Crippen molar-refractivity contribution in [2.45, 2.75) is 195 Å². The van der Waals surface area contributed by atoms with E-state index in [-0.39, 0.29) is 21.7 Å². The predicted octanol–water partition coefficient (Wildman–Crippen LogP) is 14.2. The topological polar surface area (TPSA) is 68.3 Å². The SMILES string of the molecule is CCCCC1(C=O)CC2C=CC1C2.CCCCCC1(C=O)CC2C=CC1C2.CCCCCCC1(C=O)CC2C=CC1C2.CCCCCCCC1(C=O)CC2C=CC1C2. The summed E-state index contributed by atoms with van der Waals surface area (Å²) >= 11 is 0. The molecule has 4 heteroatoms. The number of rotatable bonds is 22. The summed E-state index contributed by atoms with van der Waals surface area (Å²) in [7, 11) is 0. The quantitative estimate of drug-likeness (QED) is 0.0622. The highest BCUT2D eigenvalue weighted by Gasteiger charge is 2.50. The third-order valence-corrected chi connectivity index (χ3v) is 16.6. The normalized spacial score (nSPS) is 38.3. The molecule has 0 heterocycles. The maximum absolute atomic E-state index is 11.4. The Labute approximate surface area is 355 Å². The zero-order valence-corrected chi connectivity index (χ0v) is 37.6. The first kappa shape index (κ1) is 46.7. The van der Waals surface area contributed by atoms with E-state index in [1.54, 1.807) is 0 Å². The van der Waals surface area contributed by atoms with Crippen LogP contribution in [0.15, 0.2) is 48.6 Å². The lowest BCUT2D eigenvalue weighted by molar-refractivity contribution is -0.118. The number of fused-ring (bicyclic) bond motifs is 8. The maximum Gasteiger partial charge on any atom is 0.126 e. The molecule has 0 radical (unpaired) electrons. The Morgan fingerprint density at radius 2 is 0.586 bits per heavy atom. The van der Waals surface area contributed by atoms with Crippen molar-refractivity contribution >= 4 is 25.1 Å². The van der Waals surface area contributed by atoms with Gasteiger partial charge < -0.3 is 19.2 Å². The number of aldehydes is 4. The van der Waals surface area contributed by atoms with E-state index in [0.29, 0.717) is 47.3 Å². The lowest BCUT2D eigenvalue weighted by atomic mass is 9.73. The Kier molecular flexibility index (Phi) is 18.1. The molecule has 4 saturated carbocycles. The van der Waals surface area contributed by atoms with Crippen LogP contribution in [0.25, 0.3) is 0 Å². The highest BCUT2D eigenvalue weighted by atomic mass is 16.1. The molecule has 4 nitrogen and oxygen atoms in total. The van der Waals surface area contributed by atoms with Crippen molar-refractivity contribution in [3.63, 3.8) is 0 Å². The Morgan fingerprint density at radius 1 is 0.345 bits per heavy atom. The lowest BCUT2D eigenvalue weighted by Gasteiger charge is -2.29. The molecular formula is C54H84O4. The zero-order valence-electron chi connectivity index (χ0n) is 37.6. The van der Waals surface area contributed by atoms with Crippen LogP contribution in [-0.2, 0) is 19.2 Å². The molecule has 8 aliphatic carbocycles. The van der Waals surface area contributed by atoms with Gasteiger partial charge in [-0.25, -0.2) is 0 Å². The average molecular weight is 797 g/mol. The smallest absolute Gasteiger partial charge is 0.126 e. The van der Waals surface area contributed by atoms with Crippen molar-refractivity contribution in [3.8, 4) is 0 Å². The standard InChI is InChI=1S/C15H24O.C14H22O.C13H20O.C12H18O/c1-2-3-4-5-6-9-15(12-16)11-13-7-8-14(15)10-13;1-2-3-4-5-8-14(11-15)10-12-6-7-13(14)9-12;1-2-3-4-7-13(10-14)9-11-5-6-12(13)8-11;1-2-3-6-12(9-13)8-10-4-5-11(12)7-10/h7-8,12-14H,2-6,9-11H2,1H3;6-7,11-13H,2-5,8-10H2,1H3;5-6,10-12H,2-4,7-9H2,1H3;4-5,9-11H,2-3,6-8H2,1H3. The van der Waals surface area contributed by atoms with Crippen molar-refractivity contribution in [2.24, 2.45) is 69.0 Å². The molecule has 8 aliphatic rings. The largest absolute Gasteiger partial charge is 0.303 e. The molecule has 0 saturated heterocycles. The fourth-order valence-electron chi connectivity index (χ4n) is 13.0. The summed E-state index contributed by atoms with van der Waals surface area (Å²) in [4.78, 5) is 45.2. The van der Waals surface area contributed by atoms with Crippen molar-refractivity contribution in [3.05, 3.63) is 48.6 Å².